The van der Waals surface area contributed by atoms with Crippen LogP contribution in [0.4, 0.5) is 0 Å². The summed E-state index contributed by atoms with van der Waals surface area (Å²) in [4.78, 5) is 13.6. The summed E-state index contributed by atoms with van der Waals surface area (Å²) in [5.74, 6) is 0.740. The zero-order valence-electron chi connectivity index (χ0n) is 9.55. The monoisotopic (exact) mass is 198 g/mol. The Labute approximate surface area is 86.6 Å². The smallest absolute Gasteiger partial charge is 0.222 e. The van der Waals surface area contributed by atoms with Gasteiger partial charge in [-0.1, -0.05) is 13.8 Å². The van der Waals surface area contributed by atoms with Gasteiger partial charge in [0.1, 0.15) is 0 Å². The first-order valence-electron chi connectivity index (χ1n) is 5.46. The first kappa shape index (κ1) is 11.5. The normalized spacial score (nSPS) is 29.5. The maximum Gasteiger partial charge on any atom is 0.222 e. The summed E-state index contributed by atoms with van der Waals surface area (Å²) >= 11 is 0. The van der Waals surface area contributed by atoms with E-state index in [-0.39, 0.29) is 11.3 Å². The highest BCUT2D eigenvalue weighted by Crippen LogP contribution is 2.37. The van der Waals surface area contributed by atoms with Crippen LogP contribution in [-0.2, 0) is 4.79 Å². The molecular formula is C11H22N2O. The van der Waals surface area contributed by atoms with Crippen LogP contribution in [-0.4, -0.2) is 30.9 Å². The van der Waals surface area contributed by atoms with Crippen LogP contribution in [0.25, 0.3) is 0 Å². The number of likely N-dealkylation sites (tertiary alicyclic amines) is 1. The van der Waals surface area contributed by atoms with E-state index >= 15 is 0 Å². The number of carbonyl (C=O) groups excluding carboxylic acids is 1. The van der Waals surface area contributed by atoms with Gasteiger partial charge in [-0.15, -0.1) is 0 Å². The summed E-state index contributed by atoms with van der Waals surface area (Å²) < 4.78 is 0. The molecule has 14 heavy (non-hydrogen) atoms. The predicted octanol–water partition coefficient (Wildman–Crippen LogP) is 1.23. The lowest BCUT2D eigenvalue weighted by Crippen LogP contribution is -2.38. The molecule has 1 heterocycles. The third-order valence-electron chi connectivity index (χ3n) is 3.73. The van der Waals surface area contributed by atoms with Crippen LogP contribution in [0, 0.1) is 11.3 Å². The van der Waals surface area contributed by atoms with E-state index in [2.05, 4.69) is 13.8 Å². The molecule has 0 bridgehead atoms. The first-order valence-corrected chi connectivity index (χ1v) is 5.46. The van der Waals surface area contributed by atoms with Crippen LogP contribution in [0.2, 0.25) is 0 Å². The van der Waals surface area contributed by atoms with Gasteiger partial charge in [-0.3, -0.25) is 4.79 Å². The Hall–Kier alpha value is -0.570. The second kappa shape index (κ2) is 4.30. The zero-order valence-corrected chi connectivity index (χ0v) is 9.55. The van der Waals surface area contributed by atoms with Gasteiger partial charge in [0.2, 0.25) is 5.91 Å². The summed E-state index contributed by atoms with van der Waals surface area (Å²) in [5.41, 5.74) is 5.89. The van der Waals surface area contributed by atoms with Crippen LogP contribution < -0.4 is 5.73 Å². The van der Waals surface area contributed by atoms with Gasteiger partial charge < -0.3 is 10.6 Å². The van der Waals surface area contributed by atoms with Crippen molar-refractivity contribution < 1.29 is 4.79 Å². The molecule has 1 atom stereocenters. The number of amides is 1. The Balaban J connectivity index is 2.82. The van der Waals surface area contributed by atoms with Gasteiger partial charge in [-0.25, -0.2) is 0 Å². The van der Waals surface area contributed by atoms with Gasteiger partial charge in [0.05, 0.1) is 0 Å². The number of rotatable bonds is 2. The van der Waals surface area contributed by atoms with Crippen molar-refractivity contribution >= 4 is 5.91 Å². The van der Waals surface area contributed by atoms with Crippen molar-refractivity contribution in [3.8, 4) is 0 Å². The van der Waals surface area contributed by atoms with Crippen molar-refractivity contribution in [2.45, 2.75) is 33.1 Å². The van der Waals surface area contributed by atoms with Crippen molar-refractivity contribution in [1.82, 2.24) is 4.90 Å². The standard InChI is InChI=1S/C11H22N2O/c1-9(2)11(8-12)5-4-6-13(3)10(14)7-11/h9H,4-8,12H2,1-3H3. The van der Waals surface area contributed by atoms with E-state index in [9.17, 15) is 4.79 Å². The molecule has 1 rings (SSSR count). The second-order valence-corrected chi connectivity index (χ2v) is 4.82. The Morgan fingerprint density at radius 2 is 2.21 bits per heavy atom. The first-order chi connectivity index (χ1) is 6.52. The molecule has 1 unspecified atom stereocenters. The van der Waals surface area contributed by atoms with E-state index in [4.69, 9.17) is 5.73 Å². The lowest BCUT2D eigenvalue weighted by Gasteiger charge is -2.34. The average Bonchev–Trinajstić information content (AvgIpc) is 2.28. The molecule has 1 aliphatic rings. The van der Waals surface area contributed by atoms with Crippen LogP contribution in [0.5, 0.6) is 0 Å². The molecule has 1 fully saturated rings. The zero-order chi connectivity index (χ0) is 10.8. The molecule has 0 aromatic rings. The third-order valence-corrected chi connectivity index (χ3v) is 3.73. The molecule has 0 aliphatic carbocycles. The highest BCUT2D eigenvalue weighted by Gasteiger charge is 2.37. The fourth-order valence-corrected chi connectivity index (χ4v) is 2.22. The van der Waals surface area contributed by atoms with Crippen LogP contribution in [0.3, 0.4) is 0 Å². The minimum Gasteiger partial charge on any atom is -0.346 e. The molecule has 1 aliphatic heterocycles. The molecule has 2 N–H and O–H groups in total. The van der Waals surface area contributed by atoms with E-state index in [1.165, 1.54) is 0 Å². The molecule has 1 saturated heterocycles. The number of hydrogen-bond donors (Lipinski definition) is 1. The van der Waals surface area contributed by atoms with Gasteiger partial charge in [0.15, 0.2) is 0 Å². The minimum absolute atomic E-state index is 0.0435. The summed E-state index contributed by atoms with van der Waals surface area (Å²) in [6, 6.07) is 0. The van der Waals surface area contributed by atoms with Crippen molar-refractivity contribution in [3.05, 3.63) is 0 Å². The van der Waals surface area contributed by atoms with Gasteiger partial charge in [0.25, 0.3) is 0 Å². The quantitative estimate of drug-likeness (QED) is 0.725. The molecule has 3 heteroatoms. The lowest BCUT2D eigenvalue weighted by atomic mass is 9.71. The van der Waals surface area contributed by atoms with Crippen molar-refractivity contribution in [2.24, 2.45) is 17.1 Å². The van der Waals surface area contributed by atoms with Gasteiger partial charge in [-0.05, 0) is 30.7 Å². The second-order valence-electron chi connectivity index (χ2n) is 4.82. The topological polar surface area (TPSA) is 46.3 Å². The molecule has 0 aromatic carbocycles. The maximum absolute atomic E-state index is 11.8. The fourth-order valence-electron chi connectivity index (χ4n) is 2.22. The number of nitrogens with zero attached hydrogens (tertiary/aromatic N) is 1. The highest BCUT2D eigenvalue weighted by molar-refractivity contribution is 5.77. The van der Waals surface area contributed by atoms with E-state index in [1.54, 1.807) is 0 Å². The predicted molar refractivity (Wildman–Crippen MR) is 57.8 cm³/mol. The third kappa shape index (κ3) is 2.08. The maximum atomic E-state index is 11.8. The van der Waals surface area contributed by atoms with Crippen molar-refractivity contribution in [3.63, 3.8) is 0 Å². The van der Waals surface area contributed by atoms with Gasteiger partial charge >= 0.3 is 0 Å². The number of nitrogens with two attached hydrogens (primary N) is 1. The van der Waals surface area contributed by atoms with Crippen molar-refractivity contribution in [1.29, 1.82) is 0 Å². The Bertz CT molecular complexity index is 215. The summed E-state index contributed by atoms with van der Waals surface area (Å²) in [6.45, 7) is 5.86. The Morgan fingerprint density at radius 1 is 1.57 bits per heavy atom. The summed E-state index contributed by atoms with van der Waals surface area (Å²) in [7, 11) is 1.88. The van der Waals surface area contributed by atoms with Crippen molar-refractivity contribution in [2.75, 3.05) is 20.1 Å². The number of hydrogen-bond acceptors (Lipinski definition) is 2. The summed E-state index contributed by atoms with van der Waals surface area (Å²) in [5, 5.41) is 0. The van der Waals surface area contributed by atoms with Crippen LogP contribution in [0.15, 0.2) is 0 Å². The van der Waals surface area contributed by atoms with E-state index in [0.29, 0.717) is 18.9 Å². The molecule has 82 valence electrons. The largest absolute Gasteiger partial charge is 0.346 e. The highest BCUT2D eigenvalue weighted by atomic mass is 16.2. The molecule has 0 radical (unpaired) electrons. The average molecular weight is 198 g/mol. The molecule has 3 nitrogen and oxygen atoms in total. The SMILES string of the molecule is CC(C)C1(CN)CCCN(C)C(=O)C1. The fraction of sp³-hybridized carbons (Fsp3) is 0.909. The number of carbonyl (C=O) groups is 1. The molecule has 1 amide bonds. The van der Waals surface area contributed by atoms with Gasteiger partial charge in [-0.2, -0.15) is 0 Å². The van der Waals surface area contributed by atoms with Crippen LogP contribution in [0.1, 0.15) is 33.1 Å². The Morgan fingerprint density at radius 3 is 2.71 bits per heavy atom. The molecular weight excluding hydrogens is 176 g/mol. The minimum atomic E-state index is 0.0435. The van der Waals surface area contributed by atoms with Crippen LogP contribution >= 0.6 is 0 Å². The Kier molecular flexibility index (Phi) is 3.53. The lowest BCUT2D eigenvalue weighted by molar-refractivity contribution is -0.131. The van der Waals surface area contributed by atoms with E-state index in [1.807, 2.05) is 11.9 Å². The molecule has 0 aromatic heterocycles. The molecule has 0 saturated carbocycles. The van der Waals surface area contributed by atoms with E-state index < -0.39 is 0 Å². The van der Waals surface area contributed by atoms with E-state index in [0.717, 1.165) is 19.4 Å². The van der Waals surface area contributed by atoms with Gasteiger partial charge in [0, 0.05) is 20.0 Å². The summed E-state index contributed by atoms with van der Waals surface area (Å²) in [6.07, 6.45) is 2.78. The molecule has 0 spiro atoms.